The van der Waals surface area contributed by atoms with Gasteiger partial charge in [-0.25, -0.2) is 0 Å². The molecule has 2 unspecified atom stereocenters. The molecular formula is C18H27N3. The molecule has 21 heavy (non-hydrogen) atoms. The number of hydrogen-bond acceptors (Lipinski definition) is 2. The summed E-state index contributed by atoms with van der Waals surface area (Å²) < 4.78 is 2.17. The van der Waals surface area contributed by atoms with Crippen molar-refractivity contribution >= 4 is 0 Å². The number of hydrogen-bond donors (Lipinski definition) is 0. The van der Waals surface area contributed by atoms with E-state index in [1.807, 2.05) is 0 Å². The van der Waals surface area contributed by atoms with Crippen molar-refractivity contribution in [2.45, 2.75) is 77.2 Å². The largest absolute Gasteiger partial charge is 0.269 e. The van der Waals surface area contributed by atoms with E-state index in [9.17, 15) is 5.26 Å². The first-order chi connectivity index (χ1) is 10.2. The summed E-state index contributed by atoms with van der Waals surface area (Å²) >= 11 is 0. The number of nitrogens with zero attached hydrogens (tertiary/aromatic N) is 3. The molecular weight excluding hydrogens is 258 g/mol. The van der Waals surface area contributed by atoms with E-state index in [0.29, 0.717) is 12.0 Å². The minimum atomic E-state index is -0.163. The van der Waals surface area contributed by atoms with Crippen LogP contribution >= 0.6 is 0 Å². The van der Waals surface area contributed by atoms with Crippen LogP contribution in [0, 0.1) is 22.7 Å². The normalized spacial score (nSPS) is 31.0. The summed E-state index contributed by atoms with van der Waals surface area (Å²) in [5.41, 5.74) is 0.958. The molecule has 3 nitrogen and oxygen atoms in total. The van der Waals surface area contributed by atoms with E-state index in [1.165, 1.54) is 44.9 Å². The summed E-state index contributed by atoms with van der Waals surface area (Å²) in [6.07, 6.45) is 14.1. The van der Waals surface area contributed by atoms with E-state index in [2.05, 4.69) is 29.9 Å². The van der Waals surface area contributed by atoms with Gasteiger partial charge in [0.05, 0.1) is 23.2 Å². The van der Waals surface area contributed by atoms with Gasteiger partial charge >= 0.3 is 0 Å². The molecule has 0 spiro atoms. The van der Waals surface area contributed by atoms with Crippen molar-refractivity contribution < 1.29 is 0 Å². The first-order valence-corrected chi connectivity index (χ1v) is 8.66. The van der Waals surface area contributed by atoms with Crippen molar-refractivity contribution in [2.75, 3.05) is 0 Å². The highest BCUT2D eigenvalue weighted by atomic mass is 15.3. The third-order valence-electron chi connectivity index (χ3n) is 5.46. The highest BCUT2D eigenvalue weighted by Crippen LogP contribution is 2.41. The third kappa shape index (κ3) is 3.31. The molecule has 2 atom stereocenters. The maximum atomic E-state index is 9.69. The van der Waals surface area contributed by atoms with Crippen LogP contribution in [0.5, 0.6) is 0 Å². The van der Waals surface area contributed by atoms with Crippen LogP contribution in [0.15, 0.2) is 12.3 Å². The molecule has 1 heterocycles. The van der Waals surface area contributed by atoms with Gasteiger partial charge in [0.1, 0.15) is 0 Å². The Hall–Kier alpha value is -1.30. The minimum absolute atomic E-state index is 0.163. The lowest BCUT2D eigenvalue weighted by Crippen LogP contribution is -2.29. The molecule has 2 saturated carbocycles. The fourth-order valence-electron chi connectivity index (χ4n) is 4.33. The highest BCUT2D eigenvalue weighted by Gasteiger charge is 2.36. The fourth-order valence-corrected chi connectivity index (χ4v) is 4.33. The predicted octanol–water partition coefficient (Wildman–Crippen LogP) is 4.65. The van der Waals surface area contributed by atoms with Crippen LogP contribution in [0.4, 0.5) is 0 Å². The predicted molar refractivity (Wildman–Crippen MR) is 83.7 cm³/mol. The van der Waals surface area contributed by atoms with Gasteiger partial charge in [0.2, 0.25) is 0 Å². The zero-order chi connectivity index (χ0) is 14.7. The molecule has 0 aliphatic heterocycles. The van der Waals surface area contributed by atoms with E-state index in [4.69, 9.17) is 5.10 Å². The molecule has 0 bridgehead atoms. The van der Waals surface area contributed by atoms with Crippen molar-refractivity contribution in [2.24, 2.45) is 11.3 Å². The zero-order valence-corrected chi connectivity index (χ0v) is 13.2. The molecule has 3 rings (SSSR count). The van der Waals surface area contributed by atoms with E-state index in [1.54, 1.807) is 0 Å². The first kappa shape index (κ1) is 14.6. The van der Waals surface area contributed by atoms with Gasteiger partial charge in [-0.2, -0.15) is 10.4 Å². The Morgan fingerprint density at radius 3 is 2.81 bits per heavy atom. The summed E-state index contributed by atoms with van der Waals surface area (Å²) in [5.74, 6) is 0.679. The lowest BCUT2D eigenvalue weighted by Gasteiger charge is -2.33. The topological polar surface area (TPSA) is 41.6 Å². The summed E-state index contributed by atoms with van der Waals surface area (Å²) in [7, 11) is 0. The lowest BCUT2D eigenvalue weighted by atomic mass is 9.69. The minimum Gasteiger partial charge on any atom is -0.269 e. The Morgan fingerprint density at radius 1 is 1.29 bits per heavy atom. The Labute approximate surface area is 128 Å². The Bertz CT molecular complexity index is 507. The number of nitriles is 1. The molecule has 0 amide bonds. The second-order valence-corrected chi connectivity index (χ2v) is 7.35. The average Bonchev–Trinajstić information content (AvgIpc) is 2.96. The molecule has 3 heteroatoms. The molecule has 0 aromatic carbocycles. The van der Waals surface area contributed by atoms with Gasteiger partial charge in [0.15, 0.2) is 0 Å². The number of rotatable bonds is 3. The molecule has 1 aromatic rings. The SMILES string of the molecule is CC1CCCC(C#N)(Cc2ccn(C3CCCCC3)n2)C1. The van der Waals surface area contributed by atoms with Gasteiger partial charge in [0, 0.05) is 12.6 Å². The molecule has 0 radical (unpaired) electrons. The third-order valence-corrected chi connectivity index (χ3v) is 5.46. The molecule has 2 fully saturated rings. The maximum absolute atomic E-state index is 9.69. The van der Waals surface area contributed by atoms with Gasteiger partial charge in [-0.15, -0.1) is 0 Å². The van der Waals surface area contributed by atoms with Gasteiger partial charge in [-0.1, -0.05) is 39.0 Å². The van der Waals surface area contributed by atoms with Crippen LogP contribution in [-0.2, 0) is 6.42 Å². The Kier molecular flexibility index (Phi) is 4.33. The van der Waals surface area contributed by atoms with Crippen LogP contribution < -0.4 is 0 Å². The first-order valence-electron chi connectivity index (χ1n) is 8.66. The average molecular weight is 285 g/mol. The molecule has 1 aromatic heterocycles. The summed E-state index contributed by atoms with van der Waals surface area (Å²) in [5, 5.41) is 14.5. The second-order valence-electron chi connectivity index (χ2n) is 7.35. The zero-order valence-electron chi connectivity index (χ0n) is 13.2. The van der Waals surface area contributed by atoms with Crippen LogP contribution in [0.1, 0.15) is 76.4 Å². The van der Waals surface area contributed by atoms with Crippen molar-refractivity contribution in [3.63, 3.8) is 0 Å². The lowest BCUT2D eigenvalue weighted by molar-refractivity contribution is 0.207. The van der Waals surface area contributed by atoms with E-state index in [-0.39, 0.29) is 5.41 Å². The second kappa shape index (κ2) is 6.22. The Balaban J connectivity index is 1.69. The molecule has 0 saturated heterocycles. The van der Waals surface area contributed by atoms with Gasteiger partial charge in [-0.3, -0.25) is 4.68 Å². The van der Waals surface area contributed by atoms with Crippen LogP contribution in [0.2, 0.25) is 0 Å². The van der Waals surface area contributed by atoms with E-state index < -0.39 is 0 Å². The molecule has 2 aliphatic rings. The maximum Gasteiger partial charge on any atom is 0.0693 e. The van der Waals surface area contributed by atoms with Crippen LogP contribution in [0.3, 0.4) is 0 Å². The summed E-state index contributed by atoms with van der Waals surface area (Å²) in [6.45, 7) is 2.28. The standard InChI is InChI=1S/C18H27N3/c1-15-6-5-10-18(12-15,14-19)13-16-9-11-21(20-16)17-7-3-2-4-8-17/h9,11,15,17H,2-8,10,12-13H2,1H3. The highest BCUT2D eigenvalue weighted by molar-refractivity contribution is 5.12. The number of aromatic nitrogens is 2. The van der Waals surface area contributed by atoms with Gasteiger partial charge in [0.25, 0.3) is 0 Å². The van der Waals surface area contributed by atoms with E-state index >= 15 is 0 Å². The monoisotopic (exact) mass is 285 g/mol. The van der Waals surface area contributed by atoms with Crippen LogP contribution in [0.25, 0.3) is 0 Å². The quantitative estimate of drug-likeness (QED) is 0.811. The summed E-state index contributed by atoms with van der Waals surface area (Å²) in [4.78, 5) is 0. The van der Waals surface area contributed by atoms with Crippen molar-refractivity contribution in [1.29, 1.82) is 5.26 Å². The van der Waals surface area contributed by atoms with Crippen LogP contribution in [-0.4, -0.2) is 9.78 Å². The van der Waals surface area contributed by atoms with Gasteiger partial charge < -0.3 is 0 Å². The summed E-state index contributed by atoms with van der Waals surface area (Å²) in [6, 6.07) is 5.38. The van der Waals surface area contributed by atoms with Gasteiger partial charge in [-0.05, 0) is 37.7 Å². The smallest absolute Gasteiger partial charge is 0.0693 e. The Morgan fingerprint density at radius 2 is 2.10 bits per heavy atom. The van der Waals surface area contributed by atoms with Crippen molar-refractivity contribution in [1.82, 2.24) is 9.78 Å². The molecule has 0 N–H and O–H groups in total. The molecule has 114 valence electrons. The fraction of sp³-hybridized carbons (Fsp3) is 0.778. The van der Waals surface area contributed by atoms with Crippen molar-refractivity contribution in [3.8, 4) is 6.07 Å². The van der Waals surface area contributed by atoms with E-state index in [0.717, 1.165) is 25.0 Å². The van der Waals surface area contributed by atoms with Crippen molar-refractivity contribution in [3.05, 3.63) is 18.0 Å². The molecule has 2 aliphatic carbocycles.